The number of carboxylic acids is 1. The first-order valence-corrected chi connectivity index (χ1v) is 10.8. The number of halogens is 4. The number of nitrogen functional groups attached to an aromatic ring is 1. The highest BCUT2D eigenvalue weighted by Crippen LogP contribution is 2.30. The summed E-state index contributed by atoms with van der Waals surface area (Å²) in [6.07, 6.45) is -4.93. The second-order valence-corrected chi connectivity index (χ2v) is 7.92. The third-order valence-electron chi connectivity index (χ3n) is 4.77. The van der Waals surface area contributed by atoms with E-state index in [0.717, 1.165) is 18.2 Å². The minimum atomic E-state index is -4.93. The molecule has 3 rings (SSSR count). The van der Waals surface area contributed by atoms with Gasteiger partial charge in [-0.1, -0.05) is 11.6 Å². The number of carbonyl (C=O) groups is 2. The molecule has 0 aliphatic heterocycles. The molecular weight excluding hydrogens is 517 g/mol. The van der Waals surface area contributed by atoms with Gasteiger partial charge in [0.2, 0.25) is 0 Å². The second-order valence-electron chi connectivity index (χ2n) is 7.49. The first kappa shape index (κ1) is 27.1. The molecule has 0 aromatic heterocycles. The molecule has 3 aromatic rings. The van der Waals surface area contributed by atoms with Crippen LogP contribution in [0.5, 0.6) is 11.5 Å². The molecular formula is C24H20ClF3N4O5. The van der Waals surface area contributed by atoms with Gasteiger partial charge in [-0.05, 0) is 60.7 Å². The maximum atomic E-state index is 13.0. The number of ether oxygens (including phenoxy) is 2. The maximum absolute atomic E-state index is 13.0. The van der Waals surface area contributed by atoms with Gasteiger partial charge in [-0.25, -0.2) is 4.79 Å². The summed E-state index contributed by atoms with van der Waals surface area (Å²) in [7, 11) is 0. The zero-order valence-corrected chi connectivity index (χ0v) is 19.6. The van der Waals surface area contributed by atoms with E-state index in [9.17, 15) is 22.8 Å². The fraction of sp³-hybridized carbons (Fsp3) is 0.125. The Morgan fingerprint density at radius 3 is 2.38 bits per heavy atom. The Kier molecular flexibility index (Phi) is 8.45. The highest BCUT2D eigenvalue weighted by Gasteiger charge is 2.31. The van der Waals surface area contributed by atoms with Gasteiger partial charge in [0.25, 0.3) is 5.91 Å². The lowest BCUT2D eigenvalue weighted by Crippen LogP contribution is -2.18. The molecule has 13 heteroatoms. The molecule has 0 saturated carbocycles. The number of alkyl halides is 3. The first-order valence-electron chi connectivity index (χ1n) is 10.4. The molecule has 0 unspecified atom stereocenters. The van der Waals surface area contributed by atoms with E-state index < -0.39 is 30.6 Å². The lowest BCUT2D eigenvalue weighted by atomic mass is 10.1. The Morgan fingerprint density at radius 1 is 1.05 bits per heavy atom. The van der Waals surface area contributed by atoms with E-state index in [-0.39, 0.29) is 40.0 Å². The van der Waals surface area contributed by atoms with Crippen molar-refractivity contribution in [3.63, 3.8) is 0 Å². The number of rotatable bonds is 10. The van der Waals surface area contributed by atoms with Crippen LogP contribution in [0, 0.1) is 5.41 Å². The van der Waals surface area contributed by atoms with Crippen molar-refractivity contribution < 1.29 is 37.3 Å². The molecule has 6 N–H and O–H groups in total. The van der Waals surface area contributed by atoms with Crippen LogP contribution in [0.4, 0.5) is 24.5 Å². The molecule has 0 fully saturated rings. The van der Waals surface area contributed by atoms with Crippen LogP contribution >= 0.6 is 11.6 Å². The number of carbonyl (C=O) groups excluding carboxylic acids is 1. The SMILES string of the molecule is N=C(N)c1ccc(NC(=O)c2cc(Cl)ccc2NCc2cc(OC(F)(F)F)ccc2OCC(=O)O)cc1. The van der Waals surface area contributed by atoms with Crippen molar-refractivity contribution >= 4 is 40.7 Å². The Balaban J connectivity index is 1.83. The predicted molar refractivity (Wildman–Crippen MR) is 130 cm³/mol. The Morgan fingerprint density at radius 2 is 1.76 bits per heavy atom. The van der Waals surface area contributed by atoms with Crippen molar-refractivity contribution in [3.8, 4) is 11.5 Å². The molecule has 9 nitrogen and oxygen atoms in total. The fourth-order valence-electron chi connectivity index (χ4n) is 3.15. The molecule has 0 atom stereocenters. The summed E-state index contributed by atoms with van der Waals surface area (Å²) in [4.78, 5) is 23.8. The first-order chi connectivity index (χ1) is 17.4. The molecule has 0 saturated heterocycles. The number of hydrogen-bond donors (Lipinski definition) is 5. The summed E-state index contributed by atoms with van der Waals surface area (Å²) in [5.74, 6) is -2.47. The number of benzene rings is 3. The van der Waals surface area contributed by atoms with E-state index in [1.54, 1.807) is 24.3 Å². The smallest absolute Gasteiger partial charge is 0.482 e. The van der Waals surface area contributed by atoms with Crippen molar-refractivity contribution in [3.05, 3.63) is 82.4 Å². The van der Waals surface area contributed by atoms with Crippen molar-refractivity contribution in [2.45, 2.75) is 12.9 Å². The highest BCUT2D eigenvalue weighted by atomic mass is 35.5. The van der Waals surface area contributed by atoms with Gasteiger partial charge >= 0.3 is 12.3 Å². The number of nitrogens with one attached hydrogen (secondary N) is 3. The maximum Gasteiger partial charge on any atom is 0.573 e. The minimum absolute atomic E-state index is 0.00921. The van der Waals surface area contributed by atoms with Gasteiger partial charge in [0.05, 0.1) is 5.56 Å². The summed E-state index contributed by atoms with van der Waals surface area (Å²) in [6.45, 7) is -0.872. The van der Waals surface area contributed by atoms with Crippen molar-refractivity contribution in [1.82, 2.24) is 0 Å². The van der Waals surface area contributed by atoms with Crippen LogP contribution in [-0.2, 0) is 11.3 Å². The third-order valence-corrected chi connectivity index (χ3v) is 5.00. The van der Waals surface area contributed by atoms with E-state index in [1.165, 1.54) is 18.2 Å². The summed E-state index contributed by atoms with van der Waals surface area (Å²) < 4.78 is 47.1. The van der Waals surface area contributed by atoms with E-state index in [2.05, 4.69) is 15.4 Å². The van der Waals surface area contributed by atoms with E-state index in [4.69, 9.17) is 32.6 Å². The molecule has 0 spiro atoms. The summed E-state index contributed by atoms with van der Waals surface area (Å²) in [5, 5.41) is 22.2. The number of amidine groups is 1. The Bertz CT molecular complexity index is 1320. The van der Waals surface area contributed by atoms with Gasteiger partial charge in [0.1, 0.15) is 17.3 Å². The van der Waals surface area contributed by atoms with Crippen LogP contribution in [0.3, 0.4) is 0 Å². The van der Waals surface area contributed by atoms with Crippen LogP contribution in [0.25, 0.3) is 0 Å². The third kappa shape index (κ3) is 8.04. The van der Waals surface area contributed by atoms with Gasteiger partial charge < -0.3 is 30.9 Å². The summed E-state index contributed by atoms with van der Waals surface area (Å²) >= 11 is 6.07. The molecule has 0 aliphatic rings. The van der Waals surface area contributed by atoms with Crippen LogP contribution < -0.4 is 25.8 Å². The number of amides is 1. The lowest BCUT2D eigenvalue weighted by Gasteiger charge is -2.16. The number of aliphatic carboxylic acids is 1. The molecule has 0 aliphatic carbocycles. The summed E-state index contributed by atoms with van der Waals surface area (Å²) in [5.41, 5.74) is 6.87. The van der Waals surface area contributed by atoms with Crippen molar-refractivity contribution in [1.29, 1.82) is 5.41 Å². The van der Waals surface area contributed by atoms with Gasteiger partial charge in [-0.3, -0.25) is 10.2 Å². The normalized spacial score (nSPS) is 10.9. The molecule has 0 heterocycles. The summed E-state index contributed by atoms with van der Waals surface area (Å²) in [6, 6.07) is 13.8. The van der Waals surface area contributed by atoms with E-state index in [1.807, 2.05) is 0 Å². The molecule has 194 valence electrons. The molecule has 37 heavy (non-hydrogen) atoms. The second kappa shape index (κ2) is 11.5. The number of anilines is 2. The van der Waals surface area contributed by atoms with Crippen LogP contribution in [0.15, 0.2) is 60.7 Å². The predicted octanol–water partition coefficient (Wildman–Crippen LogP) is 4.85. The standard InChI is InChI=1S/C24H20ClF3N4O5/c25-15-3-7-19(18(10-15)23(35)32-16-4-1-13(2-5-16)22(29)30)31-11-14-9-17(37-24(26,27)28)6-8-20(14)36-12-21(33)34/h1-10,31H,11-12H2,(H3,29,30)(H,32,35)(H,33,34). The highest BCUT2D eigenvalue weighted by molar-refractivity contribution is 6.31. The topological polar surface area (TPSA) is 147 Å². The fourth-order valence-corrected chi connectivity index (χ4v) is 3.32. The van der Waals surface area contributed by atoms with E-state index >= 15 is 0 Å². The molecule has 0 radical (unpaired) electrons. The Hall–Kier alpha value is -4.45. The number of nitrogens with two attached hydrogens (primary N) is 1. The zero-order chi connectivity index (χ0) is 27.2. The van der Waals surface area contributed by atoms with Crippen molar-refractivity contribution in [2.75, 3.05) is 17.2 Å². The van der Waals surface area contributed by atoms with E-state index in [0.29, 0.717) is 11.3 Å². The lowest BCUT2D eigenvalue weighted by molar-refractivity contribution is -0.274. The zero-order valence-electron chi connectivity index (χ0n) is 18.9. The number of hydrogen-bond acceptors (Lipinski definition) is 6. The average Bonchev–Trinajstić information content (AvgIpc) is 2.81. The van der Waals surface area contributed by atoms with Gasteiger partial charge in [-0.15, -0.1) is 13.2 Å². The van der Waals surface area contributed by atoms with Crippen LogP contribution in [0.2, 0.25) is 5.02 Å². The van der Waals surface area contributed by atoms with Gasteiger partial charge in [0.15, 0.2) is 6.61 Å². The average molecular weight is 537 g/mol. The monoisotopic (exact) mass is 536 g/mol. The quantitative estimate of drug-likeness (QED) is 0.184. The largest absolute Gasteiger partial charge is 0.573 e. The van der Waals surface area contributed by atoms with Gasteiger partial charge in [0, 0.05) is 34.1 Å². The van der Waals surface area contributed by atoms with Crippen LogP contribution in [-0.4, -0.2) is 35.8 Å². The number of carboxylic acid groups (broad SMARTS) is 1. The van der Waals surface area contributed by atoms with Gasteiger partial charge in [-0.2, -0.15) is 0 Å². The van der Waals surface area contributed by atoms with Crippen molar-refractivity contribution in [2.24, 2.45) is 5.73 Å². The minimum Gasteiger partial charge on any atom is -0.482 e. The molecule has 0 bridgehead atoms. The molecule has 1 amide bonds. The Labute approximate surface area is 213 Å². The van der Waals surface area contributed by atoms with Crippen LogP contribution in [0.1, 0.15) is 21.5 Å². The molecule has 3 aromatic carbocycles.